The fourth-order valence-electron chi connectivity index (χ4n) is 1.95. The van der Waals surface area contributed by atoms with Crippen molar-refractivity contribution in [1.82, 2.24) is 10.9 Å². The van der Waals surface area contributed by atoms with Gasteiger partial charge in [0.05, 0.1) is 10.0 Å². The van der Waals surface area contributed by atoms with Crippen molar-refractivity contribution < 1.29 is 14.3 Å². The Labute approximate surface area is 165 Å². The highest BCUT2D eigenvalue weighted by Gasteiger charge is 2.16. The van der Waals surface area contributed by atoms with Gasteiger partial charge in [0.1, 0.15) is 5.75 Å². The Morgan fingerprint density at radius 3 is 2.38 bits per heavy atom. The van der Waals surface area contributed by atoms with Crippen LogP contribution in [-0.2, 0) is 4.79 Å². The summed E-state index contributed by atoms with van der Waals surface area (Å²) in [6.45, 7) is 3.37. The van der Waals surface area contributed by atoms with Gasteiger partial charge < -0.3 is 10.1 Å². The first-order valence-electron chi connectivity index (χ1n) is 7.51. The van der Waals surface area contributed by atoms with Crippen molar-refractivity contribution >= 4 is 52.4 Å². The molecule has 0 saturated heterocycles. The highest BCUT2D eigenvalue weighted by molar-refractivity contribution is 6.42. The van der Waals surface area contributed by atoms with Gasteiger partial charge in [-0.2, -0.15) is 0 Å². The van der Waals surface area contributed by atoms with E-state index in [1.54, 1.807) is 37.3 Å². The summed E-state index contributed by atoms with van der Waals surface area (Å²) in [5.74, 6) is 0.000876. The quantitative estimate of drug-likeness (QED) is 0.639. The van der Waals surface area contributed by atoms with Gasteiger partial charge in [-0.25, -0.2) is 10.2 Å². The lowest BCUT2D eigenvalue weighted by molar-refractivity contribution is -0.127. The Hall–Kier alpha value is -2.15. The first-order chi connectivity index (χ1) is 12.3. The van der Waals surface area contributed by atoms with Gasteiger partial charge in [0.15, 0.2) is 6.10 Å². The summed E-state index contributed by atoms with van der Waals surface area (Å²) < 4.78 is 5.57. The van der Waals surface area contributed by atoms with Crippen LogP contribution in [0.1, 0.15) is 12.5 Å². The summed E-state index contributed by atoms with van der Waals surface area (Å²) in [6, 6.07) is 9.02. The summed E-state index contributed by atoms with van der Waals surface area (Å²) in [5, 5.41) is 3.75. The fourth-order valence-corrected chi connectivity index (χ4v) is 2.47. The second-order valence-electron chi connectivity index (χ2n) is 5.37. The number of hydrogen-bond acceptors (Lipinski definition) is 3. The third kappa shape index (κ3) is 5.69. The van der Waals surface area contributed by atoms with Gasteiger partial charge in [0, 0.05) is 10.7 Å². The molecule has 2 rings (SSSR count). The van der Waals surface area contributed by atoms with E-state index in [0.29, 0.717) is 26.5 Å². The van der Waals surface area contributed by atoms with Crippen LogP contribution in [0.2, 0.25) is 15.1 Å². The third-order valence-electron chi connectivity index (χ3n) is 3.29. The van der Waals surface area contributed by atoms with E-state index >= 15 is 0 Å². The number of amides is 3. The van der Waals surface area contributed by atoms with Gasteiger partial charge in [-0.05, 0) is 55.8 Å². The van der Waals surface area contributed by atoms with Gasteiger partial charge in [0.2, 0.25) is 0 Å². The predicted octanol–water partition coefficient (Wildman–Crippen LogP) is 4.58. The number of halogens is 3. The zero-order chi connectivity index (χ0) is 19.3. The molecule has 1 atom stereocenters. The van der Waals surface area contributed by atoms with Crippen molar-refractivity contribution in [2.24, 2.45) is 0 Å². The van der Waals surface area contributed by atoms with Crippen molar-refractivity contribution in [1.29, 1.82) is 0 Å². The molecule has 0 aliphatic heterocycles. The maximum Gasteiger partial charge on any atom is 0.337 e. The summed E-state index contributed by atoms with van der Waals surface area (Å²) in [4.78, 5) is 23.9. The number of urea groups is 1. The van der Waals surface area contributed by atoms with Crippen LogP contribution in [-0.4, -0.2) is 18.0 Å². The molecule has 0 bridgehead atoms. The number of benzene rings is 2. The van der Waals surface area contributed by atoms with Gasteiger partial charge in [-0.15, -0.1) is 0 Å². The van der Waals surface area contributed by atoms with E-state index in [0.717, 1.165) is 5.56 Å². The molecule has 6 nitrogen and oxygen atoms in total. The third-order valence-corrected chi connectivity index (χ3v) is 4.26. The molecule has 0 aliphatic rings. The lowest BCUT2D eigenvalue weighted by Crippen LogP contribution is -2.48. The Morgan fingerprint density at radius 2 is 1.73 bits per heavy atom. The monoisotopic (exact) mass is 415 g/mol. The molecule has 0 aliphatic carbocycles. The first kappa shape index (κ1) is 20.2. The maximum absolute atomic E-state index is 12.0. The van der Waals surface area contributed by atoms with Crippen LogP contribution >= 0.6 is 34.8 Å². The summed E-state index contributed by atoms with van der Waals surface area (Å²) in [6.07, 6.45) is -0.833. The van der Waals surface area contributed by atoms with E-state index in [9.17, 15) is 9.59 Å². The number of anilines is 1. The molecule has 3 N–H and O–H groups in total. The minimum atomic E-state index is -0.833. The molecule has 0 heterocycles. The van der Waals surface area contributed by atoms with Gasteiger partial charge in [-0.1, -0.05) is 34.8 Å². The minimum Gasteiger partial charge on any atom is -0.481 e. The standard InChI is InChI=1S/C17H16Cl3N3O3/c1-9-7-11(18)3-6-15(9)26-10(2)16(24)22-23-17(25)21-12-4-5-13(19)14(20)8-12/h3-8,10H,1-2H3,(H,22,24)(H2,21,23,25). The lowest BCUT2D eigenvalue weighted by atomic mass is 10.2. The van der Waals surface area contributed by atoms with Gasteiger partial charge >= 0.3 is 6.03 Å². The summed E-state index contributed by atoms with van der Waals surface area (Å²) in [7, 11) is 0. The van der Waals surface area contributed by atoms with E-state index in [4.69, 9.17) is 39.5 Å². The van der Waals surface area contributed by atoms with Crippen LogP contribution in [0.4, 0.5) is 10.5 Å². The predicted molar refractivity (Wildman–Crippen MR) is 103 cm³/mol. The Bertz CT molecular complexity index is 830. The molecule has 138 valence electrons. The van der Waals surface area contributed by atoms with Crippen molar-refractivity contribution in [2.75, 3.05) is 5.32 Å². The second-order valence-corrected chi connectivity index (χ2v) is 6.62. The molecule has 9 heteroatoms. The number of hydrogen-bond donors (Lipinski definition) is 3. The molecular weight excluding hydrogens is 401 g/mol. The van der Waals surface area contributed by atoms with Crippen LogP contribution in [0.5, 0.6) is 5.75 Å². The Balaban J connectivity index is 1.84. The summed E-state index contributed by atoms with van der Waals surface area (Å²) >= 11 is 17.6. The SMILES string of the molecule is Cc1cc(Cl)ccc1OC(C)C(=O)NNC(=O)Nc1ccc(Cl)c(Cl)c1. The number of nitrogens with one attached hydrogen (secondary N) is 3. The number of carbonyl (C=O) groups is 2. The van der Waals surface area contributed by atoms with Crippen LogP contribution in [0.15, 0.2) is 36.4 Å². The van der Waals surface area contributed by atoms with Gasteiger partial charge in [0.25, 0.3) is 5.91 Å². The molecular formula is C17H16Cl3N3O3. The maximum atomic E-state index is 12.0. The number of ether oxygens (including phenoxy) is 1. The topological polar surface area (TPSA) is 79.5 Å². The summed E-state index contributed by atoms with van der Waals surface area (Å²) in [5.41, 5.74) is 5.71. The molecule has 3 amide bonds. The van der Waals surface area contributed by atoms with E-state index in [1.807, 2.05) is 6.92 Å². The molecule has 0 radical (unpaired) electrons. The van der Waals surface area contributed by atoms with Crippen molar-refractivity contribution in [3.05, 3.63) is 57.0 Å². The Kier molecular flexibility index (Phi) is 6.97. The normalized spacial score (nSPS) is 11.4. The van der Waals surface area contributed by atoms with Crippen LogP contribution in [0.3, 0.4) is 0 Å². The van der Waals surface area contributed by atoms with Crippen molar-refractivity contribution in [3.63, 3.8) is 0 Å². The first-order valence-corrected chi connectivity index (χ1v) is 8.64. The van der Waals surface area contributed by atoms with E-state index in [2.05, 4.69) is 16.2 Å². The molecule has 2 aromatic carbocycles. The molecule has 0 aromatic heterocycles. The average Bonchev–Trinajstić information content (AvgIpc) is 2.58. The molecule has 0 fully saturated rings. The lowest BCUT2D eigenvalue weighted by Gasteiger charge is -2.17. The molecule has 0 spiro atoms. The average molecular weight is 417 g/mol. The van der Waals surface area contributed by atoms with Crippen LogP contribution in [0.25, 0.3) is 0 Å². The fraction of sp³-hybridized carbons (Fsp3) is 0.176. The molecule has 2 aromatic rings. The molecule has 26 heavy (non-hydrogen) atoms. The molecule has 1 unspecified atom stereocenters. The second kappa shape index (κ2) is 8.98. The van der Waals surface area contributed by atoms with Crippen LogP contribution < -0.4 is 20.9 Å². The number of carbonyl (C=O) groups excluding carboxylic acids is 2. The highest BCUT2D eigenvalue weighted by atomic mass is 35.5. The van der Waals surface area contributed by atoms with Crippen LogP contribution in [0, 0.1) is 6.92 Å². The number of aryl methyl sites for hydroxylation is 1. The largest absolute Gasteiger partial charge is 0.481 e. The highest BCUT2D eigenvalue weighted by Crippen LogP contribution is 2.25. The zero-order valence-electron chi connectivity index (χ0n) is 13.9. The van der Waals surface area contributed by atoms with E-state index in [1.165, 1.54) is 6.07 Å². The smallest absolute Gasteiger partial charge is 0.337 e. The van der Waals surface area contributed by atoms with E-state index < -0.39 is 18.0 Å². The van der Waals surface area contributed by atoms with E-state index in [-0.39, 0.29) is 0 Å². The molecule has 0 saturated carbocycles. The zero-order valence-corrected chi connectivity index (χ0v) is 16.2. The number of rotatable bonds is 4. The Morgan fingerprint density at radius 1 is 1.00 bits per heavy atom. The van der Waals surface area contributed by atoms with Crippen molar-refractivity contribution in [3.8, 4) is 5.75 Å². The number of hydrazine groups is 1. The van der Waals surface area contributed by atoms with Gasteiger partial charge in [-0.3, -0.25) is 10.2 Å². The van der Waals surface area contributed by atoms with Crippen molar-refractivity contribution in [2.45, 2.75) is 20.0 Å². The minimum absolute atomic E-state index is 0.300.